The first-order valence-electron chi connectivity index (χ1n) is 7.33. The normalized spacial score (nSPS) is 18.6. The number of hydrogen-bond acceptors (Lipinski definition) is 4. The van der Waals surface area contributed by atoms with Crippen molar-refractivity contribution in [1.82, 2.24) is 15.2 Å². The van der Waals surface area contributed by atoms with Crippen LogP contribution in [0.2, 0.25) is 0 Å². The number of halogens is 1. The Labute approximate surface area is 154 Å². The Kier molecular flexibility index (Phi) is 8.92. The van der Waals surface area contributed by atoms with E-state index < -0.39 is 0 Å². The molecule has 2 rings (SSSR count). The quantitative estimate of drug-likeness (QED) is 0.447. The highest BCUT2D eigenvalue weighted by atomic mass is 127. The molecule has 1 saturated heterocycles. The molecule has 2 heterocycles. The molecule has 0 bridgehead atoms. The van der Waals surface area contributed by atoms with Gasteiger partial charge in [0, 0.05) is 49.9 Å². The third-order valence-corrected chi connectivity index (χ3v) is 4.94. The molecule has 5 nitrogen and oxygen atoms in total. The van der Waals surface area contributed by atoms with Gasteiger partial charge in [-0.05, 0) is 18.1 Å². The Morgan fingerprint density at radius 1 is 1.59 bits per heavy atom. The van der Waals surface area contributed by atoms with Crippen LogP contribution in [0.1, 0.15) is 18.9 Å². The minimum Gasteiger partial charge on any atom is -0.481 e. The van der Waals surface area contributed by atoms with E-state index in [1.165, 1.54) is 12.2 Å². The summed E-state index contributed by atoms with van der Waals surface area (Å²) in [7, 11) is 3.48. The first kappa shape index (κ1) is 19.3. The van der Waals surface area contributed by atoms with Gasteiger partial charge in [-0.1, -0.05) is 6.92 Å². The third kappa shape index (κ3) is 5.49. The van der Waals surface area contributed by atoms with Crippen molar-refractivity contribution >= 4 is 41.7 Å². The van der Waals surface area contributed by atoms with E-state index in [1.54, 1.807) is 13.3 Å². The molecule has 22 heavy (non-hydrogen) atoms. The summed E-state index contributed by atoms with van der Waals surface area (Å²) < 4.78 is 5.15. The average molecular weight is 436 g/mol. The number of hydrogen-bond donors (Lipinski definition) is 1. The lowest BCUT2D eigenvalue weighted by atomic mass is 10.2. The number of nitrogens with zero attached hydrogens (tertiary/aromatic N) is 3. The molecule has 1 aromatic heterocycles. The van der Waals surface area contributed by atoms with Gasteiger partial charge in [-0.2, -0.15) is 11.8 Å². The number of pyridine rings is 1. The minimum absolute atomic E-state index is 0. The molecule has 0 amide bonds. The van der Waals surface area contributed by atoms with Crippen molar-refractivity contribution in [1.29, 1.82) is 0 Å². The summed E-state index contributed by atoms with van der Waals surface area (Å²) in [6.07, 6.45) is 2.98. The van der Waals surface area contributed by atoms with E-state index in [2.05, 4.69) is 38.9 Å². The summed E-state index contributed by atoms with van der Waals surface area (Å²) in [6, 6.07) is 3.94. The topological polar surface area (TPSA) is 49.8 Å². The zero-order valence-electron chi connectivity index (χ0n) is 13.4. The first-order chi connectivity index (χ1) is 10.3. The van der Waals surface area contributed by atoms with E-state index >= 15 is 0 Å². The molecule has 1 unspecified atom stereocenters. The van der Waals surface area contributed by atoms with Crippen LogP contribution in [0.3, 0.4) is 0 Å². The highest BCUT2D eigenvalue weighted by Gasteiger charge is 2.21. The maximum Gasteiger partial charge on any atom is 0.213 e. The summed E-state index contributed by atoms with van der Waals surface area (Å²) in [6.45, 7) is 5.10. The number of aromatic nitrogens is 1. The standard InChI is InChI=1S/C15H24N4OS.HI/c1-4-13-11-19(7-8-21-13)15(16-2)18-10-12-5-6-17-14(9-12)20-3;/h5-6,9,13H,4,7-8,10-11H2,1-3H3,(H,16,18);1H. The predicted molar refractivity (Wildman–Crippen MR) is 105 cm³/mol. The minimum atomic E-state index is 0. The molecule has 1 aromatic rings. The molecule has 0 aliphatic carbocycles. The monoisotopic (exact) mass is 436 g/mol. The molecule has 124 valence electrons. The zero-order chi connectivity index (χ0) is 15.1. The number of methoxy groups -OCH3 is 1. The number of rotatable bonds is 4. The lowest BCUT2D eigenvalue weighted by Crippen LogP contribution is -2.47. The molecular weight excluding hydrogens is 411 g/mol. The number of thioether (sulfide) groups is 1. The Balaban J connectivity index is 0.00000242. The molecular formula is C15H25IN4OS. The van der Waals surface area contributed by atoms with E-state index in [9.17, 15) is 0 Å². The van der Waals surface area contributed by atoms with Gasteiger partial charge in [-0.25, -0.2) is 4.98 Å². The number of ether oxygens (including phenoxy) is 1. The van der Waals surface area contributed by atoms with E-state index in [0.717, 1.165) is 31.2 Å². The molecule has 1 N–H and O–H groups in total. The molecule has 1 aliphatic heterocycles. The Bertz CT molecular complexity index is 486. The SMILES string of the molecule is CCC1CN(C(=NC)NCc2ccnc(OC)c2)CCS1.I. The fraction of sp³-hybridized carbons (Fsp3) is 0.600. The Morgan fingerprint density at radius 2 is 2.41 bits per heavy atom. The van der Waals surface area contributed by atoms with Crippen molar-refractivity contribution in [3.8, 4) is 5.88 Å². The fourth-order valence-corrected chi connectivity index (χ4v) is 3.52. The number of nitrogens with one attached hydrogen (secondary N) is 1. The number of aliphatic imine (C=N–C) groups is 1. The van der Waals surface area contributed by atoms with Gasteiger partial charge < -0.3 is 15.0 Å². The van der Waals surface area contributed by atoms with E-state index in [0.29, 0.717) is 11.1 Å². The molecule has 1 atom stereocenters. The molecule has 0 radical (unpaired) electrons. The van der Waals surface area contributed by atoms with Crippen LogP contribution in [-0.2, 0) is 6.54 Å². The van der Waals surface area contributed by atoms with Crippen molar-refractivity contribution in [2.45, 2.75) is 25.1 Å². The van der Waals surface area contributed by atoms with E-state index in [-0.39, 0.29) is 24.0 Å². The molecule has 0 saturated carbocycles. The maximum atomic E-state index is 5.15. The van der Waals surface area contributed by atoms with Crippen LogP contribution in [0.4, 0.5) is 0 Å². The third-order valence-electron chi connectivity index (χ3n) is 3.56. The first-order valence-corrected chi connectivity index (χ1v) is 8.37. The van der Waals surface area contributed by atoms with Gasteiger partial charge >= 0.3 is 0 Å². The van der Waals surface area contributed by atoms with Crippen molar-refractivity contribution in [3.05, 3.63) is 23.9 Å². The van der Waals surface area contributed by atoms with Gasteiger partial charge in [0.15, 0.2) is 5.96 Å². The van der Waals surface area contributed by atoms with Crippen LogP contribution in [0, 0.1) is 0 Å². The van der Waals surface area contributed by atoms with Crippen LogP contribution < -0.4 is 10.1 Å². The van der Waals surface area contributed by atoms with Crippen LogP contribution in [-0.4, -0.2) is 54.1 Å². The van der Waals surface area contributed by atoms with Crippen molar-refractivity contribution in [2.75, 3.05) is 33.0 Å². The second-order valence-corrected chi connectivity index (χ2v) is 6.36. The smallest absolute Gasteiger partial charge is 0.213 e. The molecule has 1 aliphatic rings. The lowest BCUT2D eigenvalue weighted by molar-refractivity contribution is 0.396. The highest BCUT2D eigenvalue weighted by Crippen LogP contribution is 2.21. The van der Waals surface area contributed by atoms with E-state index in [1.807, 2.05) is 19.2 Å². The van der Waals surface area contributed by atoms with Crippen molar-refractivity contribution in [3.63, 3.8) is 0 Å². The average Bonchev–Trinajstić information content (AvgIpc) is 2.56. The lowest BCUT2D eigenvalue weighted by Gasteiger charge is -2.34. The van der Waals surface area contributed by atoms with Crippen LogP contribution in [0.5, 0.6) is 5.88 Å². The largest absolute Gasteiger partial charge is 0.481 e. The molecule has 0 spiro atoms. The van der Waals surface area contributed by atoms with Gasteiger partial charge in [-0.3, -0.25) is 4.99 Å². The Morgan fingerprint density at radius 3 is 3.09 bits per heavy atom. The summed E-state index contributed by atoms with van der Waals surface area (Å²) in [4.78, 5) is 10.9. The highest BCUT2D eigenvalue weighted by molar-refractivity contribution is 14.0. The van der Waals surface area contributed by atoms with Crippen molar-refractivity contribution in [2.24, 2.45) is 4.99 Å². The van der Waals surface area contributed by atoms with Gasteiger partial charge in [-0.15, -0.1) is 24.0 Å². The van der Waals surface area contributed by atoms with Gasteiger partial charge in [0.25, 0.3) is 0 Å². The van der Waals surface area contributed by atoms with Gasteiger partial charge in [0.2, 0.25) is 5.88 Å². The predicted octanol–water partition coefficient (Wildman–Crippen LogP) is 2.61. The second kappa shape index (κ2) is 10.1. The zero-order valence-corrected chi connectivity index (χ0v) is 16.6. The fourth-order valence-electron chi connectivity index (χ4n) is 2.34. The van der Waals surface area contributed by atoms with Gasteiger partial charge in [0.1, 0.15) is 0 Å². The summed E-state index contributed by atoms with van der Waals surface area (Å²) >= 11 is 2.07. The summed E-state index contributed by atoms with van der Waals surface area (Å²) in [5.41, 5.74) is 1.14. The van der Waals surface area contributed by atoms with Crippen molar-refractivity contribution < 1.29 is 4.74 Å². The van der Waals surface area contributed by atoms with Crippen LogP contribution in [0.25, 0.3) is 0 Å². The van der Waals surface area contributed by atoms with E-state index in [4.69, 9.17) is 4.74 Å². The number of guanidine groups is 1. The van der Waals surface area contributed by atoms with Crippen LogP contribution >= 0.6 is 35.7 Å². The Hall–Kier alpha value is -0.700. The maximum absolute atomic E-state index is 5.15. The molecule has 7 heteroatoms. The molecule has 1 fully saturated rings. The van der Waals surface area contributed by atoms with Crippen LogP contribution in [0.15, 0.2) is 23.3 Å². The second-order valence-electron chi connectivity index (χ2n) is 4.95. The summed E-state index contributed by atoms with van der Waals surface area (Å²) in [5.74, 6) is 2.79. The van der Waals surface area contributed by atoms with Gasteiger partial charge in [0.05, 0.1) is 7.11 Å². The summed E-state index contributed by atoms with van der Waals surface area (Å²) in [5, 5.41) is 4.14. The molecule has 0 aromatic carbocycles.